The molecule has 110 valence electrons. The Morgan fingerprint density at radius 3 is 2.76 bits per heavy atom. The van der Waals surface area contributed by atoms with Gasteiger partial charge in [0.15, 0.2) is 11.5 Å². The Balaban J connectivity index is 2.01. The molecule has 0 aliphatic carbocycles. The number of anilines is 2. The second kappa shape index (κ2) is 4.72. The van der Waals surface area contributed by atoms with Crippen molar-refractivity contribution in [1.82, 2.24) is 29.7 Å². The number of aromatic nitrogens is 6. The fourth-order valence-electron chi connectivity index (χ4n) is 2.47. The summed E-state index contributed by atoms with van der Waals surface area (Å²) in [6.45, 7) is 4.76. The zero-order chi connectivity index (χ0) is 15.1. The van der Waals surface area contributed by atoms with Crippen molar-refractivity contribution in [3.8, 4) is 0 Å². The molecule has 3 rings (SSSR count). The minimum absolute atomic E-state index is 0.219. The predicted molar refractivity (Wildman–Crippen MR) is 80.9 cm³/mol. The van der Waals surface area contributed by atoms with Crippen LogP contribution in [0.2, 0.25) is 0 Å². The molecule has 21 heavy (non-hydrogen) atoms. The molecule has 8 nitrogen and oxygen atoms in total. The van der Waals surface area contributed by atoms with Crippen LogP contribution in [0.15, 0.2) is 6.33 Å². The molecule has 0 saturated heterocycles. The van der Waals surface area contributed by atoms with Gasteiger partial charge in [-0.05, 0) is 13.8 Å². The Bertz CT molecular complexity index is 800. The number of rotatable bonds is 3. The van der Waals surface area contributed by atoms with Crippen LogP contribution in [0.25, 0.3) is 11.2 Å². The van der Waals surface area contributed by atoms with E-state index in [9.17, 15) is 0 Å². The molecule has 0 spiro atoms. The van der Waals surface area contributed by atoms with E-state index >= 15 is 0 Å². The Morgan fingerprint density at radius 2 is 2.10 bits per heavy atom. The van der Waals surface area contributed by atoms with E-state index in [0.29, 0.717) is 12.2 Å². The lowest BCUT2D eigenvalue weighted by Crippen LogP contribution is -2.20. The molecule has 3 heterocycles. The van der Waals surface area contributed by atoms with Crippen molar-refractivity contribution in [3.05, 3.63) is 23.3 Å². The fraction of sp³-hybridized carbons (Fsp3) is 0.385. The maximum atomic E-state index is 5.76. The van der Waals surface area contributed by atoms with Crippen LogP contribution in [0.5, 0.6) is 0 Å². The molecule has 3 aromatic heterocycles. The van der Waals surface area contributed by atoms with Crippen LogP contribution in [0, 0.1) is 13.8 Å². The average Bonchev–Trinajstić information content (AvgIpc) is 2.98. The molecule has 0 aliphatic rings. The largest absolute Gasteiger partial charge is 0.368 e. The van der Waals surface area contributed by atoms with Gasteiger partial charge in [0.2, 0.25) is 5.95 Å². The molecule has 0 atom stereocenters. The minimum atomic E-state index is 0.219. The SMILES string of the molecule is Cc1nn(C)c(C)c1CN(C)c1nc(N)nc2nc[nH]c12. The first-order chi connectivity index (χ1) is 9.97. The van der Waals surface area contributed by atoms with Gasteiger partial charge < -0.3 is 15.6 Å². The second-order valence-electron chi connectivity index (χ2n) is 5.14. The summed E-state index contributed by atoms with van der Waals surface area (Å²) < 4.78 is 1.89. The van der Waals surface area contributed by atoms with E-state index in [1.165, 1.54) is 5.56 Å². The molecular weight excluding hydrogens is 268 g/mol. The third-order valence-electron chi connectivity index (χ3n) is 3.70. The topological polar surface area (TPSA) is 102 Å². The lowest BCUT2D eigenvalue weighted by molar-refractivity contribution is 0.729. The molecule has 0 amide bonds. The minimum Gasteiger partial charge on any atom is -0.368 e. The molecule has 0 radical (unpaired) electrons. The summed E-state index contributed by atoms with van der Waals surface area (Å²) >= 11 is 0. The van der Waals surface area contributed by atoms with Gasteiger partial charge in [-0.2, -0.15) is 15.1 Å². The summed E-state index contributed by atoms with van der Waals surface area (Å²) in [6, 6.07) is 0. The van der Waals surface area contributed by atoms with Gasteiger partial charge in [-0.1, -0.05) is 0 Å². The van der Waals surface area contributed by atoms with Gasteiger partial charge in [0, 0.05) is 31.9 Å². The van der Waals surface area contributed by atoms with Gasteiger partial charge >= 0.3 is 0 Å². The van der Waals surface area contributed by atoms with E-state index in [2.05, 4.69) is 32.0 Å². The van der Waals surface area contributed by atoms with Crippen LogP contribution in [0.1, 0.15) is 17.0 Å². The molecule has 0 fully saturated rings. The van der Waals surface area contributed by atoms with Gasteiger partial charge in [-0.15, -0.1) is 0 Å². The van der Waals surface area contributed by atoms with Crippen molar-refractivity contribution >= 4 is 22.9 Å². The van der Waals surface area contributed by atoms with Gasteiger partial charge in [0.05, 0.1) is 12.0 Å². The quantitative estimate of drug-likeness (QED) is 0.742. The summed E-state index contributed by atoms with van der Waals surface area (Å²) in [6.07, 6.45) is 1.59. The number of aromatic amines is 1. The van der Waals surface area contributed by atoms with E-state index in [4.69, 9.17) is 5.73 Å². The first kappa shape index (κ1) is 13.3. The fourth-order valence-corrected chi connectivity index (χ4v) is 2.47. The number of nitrogens with zero attached hydrogens (tertiary/aromatic N) is 6. The zero-order valence-electron chi connectivity index (χ0n) is 12.5. The lowest BCUT2D eigenvalue weighted by Gasteiger charge is -2.19. The standard InChI is InChI=1S/C13H18N8/c1-7-9(8(2)21(4)19-7)5-20(3)12-10-11(16-6-15-10)17-13(14)18-12/h6H,5H2,1-4H3,(H3,14,15,16,17,18). The number of hydrogen-bond acceptors (Lipinski definition) is 6. The van der Waals surface area contributed by atoms with E-state index in [1.54, 1.807) is 6.33 Å². The normalized spacial score (nSPS) is 11.2. The Labute approximate surface area is 122 Å². The predicted octanol–water partition coefficient (Wildman–Crippen LogP) is 0.922. The molecular formula is C13H18N8. The van der Waals surface area contributed by atoms with Crippen LogP contribution in [-0.2, 0) is 13.6 Å². The van der Waals surface area contributed by atoms with E-state index in [1.807, 2.05) is 30.6 Å². The molecule has 0 unspecified atom stereocenters. The first-order valence-electron chi connectivity index (χ1n) is 6.64. The van der Waals surface area contributed by atoms with Crippen LogP contribution in [0.4, 0.5) is 11.8 Å². The molecule has 0 aromatic carbocycles. The smallest absolute Gasteiger partial charge is 0.224 e. The van der Waals surface area contributed by atoms with Crippen molar-refractivity contribution in [2.24, 2.45) is 7.05 Å². The number of hydrogen-bond donors (Lipinski definition) is 2. The monoisotopic (exact) mass is 286 g/mol. The van der Waals surface area contributed by atoms with Crippen molar-refractivity contribution < 1.29 is 0 Å². The zero-order valence-corrected chi connectivity index (χ0v) is 12.5. The van der Waals surface area contributed by atoms with Crippen molar-refractivity contribution in [1.29, 1.82) is 0 Å². The van der Waals surface area contributed by atoms with Crippen LogP contribution in [0.3, 0.4) is 0 Å². The Hall–Kier alpha value is -2.64. The highest BCUT2D eigenvalue weighted by molar-refractivity contribution is 5.84. The van der Waals surface area contributed by atoms with Crippen LogP contribution >= 0.6 is 0 Å². The Kier molecular flexibility index (Phi) is 3.00. The van der Waals surface area contributed by atoms with E-state index in [-0.39, 0.29) is 5.95 Å². The first-order valence-corrected chi connectivity index (χ1v) is 6.64. The van der Waals surface area contributed by atoms with E-state index in [0.717, 1.165) is 22.7 Å². The maximum Gasteiger partial charge on any atom is 0.224 e. The molecule has 8 heteroatoms. The number of aryl methyl sites for hydroxylation is 2. The van der Waals surface area contributed by atoms with Gasteiger partial charge in [0.1, 0.15) is 5.52 Å². The van der Waals surface area contributed by atoms with Crippen molar-refractivity contribution in [2.75, 3.05) is 17.7 Å². The summed E-state index contributed by atoms with van der Waals surface area (Å²) in [4.78, 5) is 17.7. The average molecular weight is 286 g/mol. The molecule has 0 aliphatic heterocycles. The number of fused-ring (bicyclic) bond motifs is 1. The number of imidazole rings is 1. The summed E-state index contributed by atoms with van der Waals surface area (Å²) in [5.41, 5.74) is 10.5. The summed E-state index contributed by atoms with van der Waals surface area (Å²) in [7, 11) is 3.91. The number of nitrogen functional groups attached to an aromatic ring is 1. The van der Waals surface area contributed by atoms with Crippen LogP contribution < -0.4 is 10.6 Å². The molecule has 0 bridgehead atoms. The third-order valence-corrected chi connectivity index (χ3v) is 3.70. The van der Waals surface area contributed by atoms with E-state index < -0.39 is 0 Å². The maximum absolute atomic E-state index is 5.76. The van der Waals surface area contributed by atoms with Gasteiger partial charge in [-0.3, -0.25) is 4.68 Å². The number of H-pyrrole nitrogens is 1. The highest BCUT2D eigenvalue weighted by atomic mass is 15.3. The van der Waals surface area contributed by atoms with Crippen molar-refractivity contribution in [2.45, 2.75) is 20.4 Å². The Morgan fingerprint density at radius 1 is 1.33 bits per heavy atom. The molecule has 3 N–H and O–H groups in total. The number of nitrogens with two attached hydrogens (primary N) is 1. The summed E-state index contributed by atoms with van der Waals surface area (Å²) in [5.74, 6) is 0.953. The molecule has 3 aromatic rings. The van der Waals surface area contributed by atoms with Crippen molar-refractivity contribution in [3.63, 3.8) is 0 Å². The molecule has 0 saturated carbocycles. The second-order valence-corrected chi connectivity index (χ2v) is 5.14. The van der Waals surface area contributed by atoms with Crippen LogP contribution in [-0.4, -0.2) is 36.8 Å². The van der Waals surface area contributed by atoms with Gasteiger partial charge in [0.25, 0.3) is 0 Å². The highest BCUT2D eigenvalue weighted by Crippen LogP contribution is 2.23. The third kappa shape index (κ3) is 2.18. The highest BCUT2D eigenvalue weighted by Gasteiger charge is 2.16. The summed E-state index contributed by atoms with van der Waals surface area (Å²) in [5, 5.41) is 4.44. The van der Waals surface area contributed by atoms with Gasteiger partial charge in [-0.25, -0.2) is 4.98 Å². The number of nitrogens with one attached hydrogen (secondary N) is 1. The lowest BCUT2D eigenvalue weighted by atomic mass is 10.2.